The van der Waals surface area contributed by atoms with Crippen LogP contribution >= 0.6 is 0 Å². The highest BCUT2D eigenvalue weighted by Gasteiger charge is 2.20. The number of rotatable bonds is 6. The van der Waals surface area contributed by atoms with E-state index < -0.39 is 0 Å². The van der Waals surface area contributed by atoms with Gasteiger partial charge in [-0.15, -0.1) is 0 Å². The Kier molecular flexibility index (Phi) is 7.67. The van der Waals surface area contributed by atoms with Crippen molar-refractivity contribution in [2.75, 3.05) is 4.90 Å². The monoisotopic (exact) mass is 754 g/mol. The van der Waals surface area contributed by atoms with Crippen LogP contribution in [0.25, 0.3) is 88.3 Å². The van der Waals surface area contributed by atoms with Crippen molar-refractivity contribution in [3.63, 3.8) is 0 Å². The maximum Gasteiger partial charge on any atom is 0.135 e. The van der Waals surface area contributed by atoms with Crippen molar-refractivity contribution in [3.05, 3.63) is 212 Å². The molecule has 278 valence electrons. The minimum atomic E-state index is 0.948. The van der Waals surface area contributed by atoms with E-state index in [1.165, 1.54) is 76.6 Å². The second-order valence-electron chi connectivity index (χ2n) is 15.6. The van der Waals surface area contributed by atoms with Crippen molar-refractivity contribution in [1.82, 2.24) is 4.57 Å². The van der Waals surface area contributed by atoms with Gasteiger partial charge in [-0.05, 0) is 94.0 Å². The molecule has 11 aromatic rings. The van der Waals surface area contributed by atoms with Gasteiger partial charge >= 0.3 is 0 Å². The summed E-state index contributed by atoms with van der Waals surface area (Å²) in [6.07, 6.45) is 6.46. The van der Waals surface area contributed by atoms with Crippen LogP contribution in [-0.4, -0.2) is 4.57 Å². The van der Waals surface area contributed by atoms with E-state index in [1.807, 2.05) is 0 Å². The molecule has 0 N–H and O–H groups in total. The Bertz CT molecular complexity index is 3370. The summed E-state index contributed by atoms with van der Waals surface area (Å²) in [6.45, 7) is 0. The minimum absolute atomic E-state index is 0.948. The van der Waals surface area contributed by atoms with Crippen molar-refractivity contribution in [1.29, 1.82) is 0 Å². The van der Waals surface area contributed by atoms with Gasteiger partial charge in [-0.3, -0.25) is 0 Å². The number of anilines is 3. The lowest BCUT2D eigenvalue weighted by Crippen LogP contribution is -2.11. The van der Waals surface area contributed by atoms with Crippen molar-refractivity contribution in [2.24, 2.45) is 0 Å². The maximum atomic E-state index is 6.31. The highest BCUT2D eigenvalue weighted by atomic mass is 16.3. The average Bonchev–Trinajstić information content (AvgIpc) is 3.84. The first-order chi connectivity index (χ1) is 29.3. The third-order valence-corrected chi connectivity index (χ3v) is 12.2. The third kappa shape index (κ3) is 5.43. The number of aromatic nitrogens is 1. The van der Waals surface area contributed by atoms with E-state index in [-0.39, 0.29) is 0 Å². The molecule has 0 aliphatic heterocycles. The van der Waals surface area contributed by atoms with Crippen LogP contribution in [0.5, 0.6) is 0 Å². The van der Waals surface area contributed by atoms with Gasteiger partial charge in [0.15, 0.2) is 0 Å². The zero-order valence-electron chi connectivity index (χ0n) is 32.3. The Labute approximate surface area is 342 Å². The molecule has 12 rings (SSSR count). The van der Waals surface area contributed by atoms with Crippen molar-refractivity contribution < 1.29 is 4.42 Å². The minimum Gasteiger partial charge on any atom is -0.460 e. The molecular formula is C56H38N2O. The zero-order valence-corrected chi connectivity index (χ0v) is 32.3. The summed E-state index contributed by atoms with van der Waals surface area (Å²) in [5.74, 6) is 1.09. The molecule has 0 fully saturated rings. The molecule has 0 saturated carbocycles. The molecule has 0 amide bonds. The first-order valence-corrected chi connectivity index (χ1v) is 20.5. The molecule has 3 heteroatoms. The lowest BCUT2D eigenvalue weighted by atomic mass is 9.93. The van der Waals surface area contributed by atoms with Crippen LogP contribution in [0.3, 0.4) is 0 Å². The summed E-state index contributed by atoms with van der Waals surface area (Å²) in [4.78, 5) is 2.42. The Balaban J connectivity index is 0.990. The van der Waals surface area contributed by atoms with Crippen LogP contribution in [0, 0.1) is 0 Å². The summed E-state index contributed by atoms with van der Waals surface area (Å²) in [7, 11) is 0. The second kappa shape index (κ2) is 13.5. The predicted octanol–water partition coefficient (Wildman–Crippen LogP) is 15.6. The van der Waals surface area contributed by atoms with Gasteiger partial charge in [0.25, 0.3) is 0 Å². The summed E-state index contributed by atoms with van der Waals surface area (Å²) in [6, 6.07) is 70.8. The molecule has 0 atom stereocenters. The van der Waals surface area contributed by atoms with E-state index >= 15 is 0 Å². The first kappa shape index (κ1) is 33.5. The van der Waals surface area contributed by atoms with Gasteiger partial charge in [0.2, 0.25) is 0 Å². The van der Waals surface area contributed by atoms with Crippen molar-refractivity contribution in [3.8, 4) is 27.9 Å². The summed E-state index contributed by atoms with van der Waals surface area (Å²) < 4.78 is 8.73. The molecule has 3 nitrogen and oxygen atoms in total. The van der Waals surface area contributed by atoms with Crippen LogP contribution in [-0.2, 0) is 6.42 Å². The van der Waals surface area contributed by atoms with E-state index in [2.05, 4.69) is 216 Å². The van der Waals surface area contributed by atoms with Crippen LogP contribution in [0.2, 0.25) is 0 Å². The fraction of sp³-hybridized carbons (Fsp3) is 0.0357. The number of allylic oxidation sites excluding steroid dienone is 1. The fourth-order valence-electron chi connectivity index (χ4n) is 9.49. The summed E-state index contributed by atoms with van der Waals surface area (Å²) in [5, 5.41) is 8.52. The number of aryl methyl sites for hydroxylation is 1. The van der Waals surface area contributed by atoms with Gasteiger partial charge in [0.1, 0.15) is 11.3 Å². The molecule has 59 heavy (non-hydrogen) atoms. The van der Waals surface area contributed by atoms with Crippen LogP contribution in [0.15, 0.2) is 205 Å². The van der Waals surface area contributed by atoms with E-state index in [1.54, 1.807) is 0 Å². The largest absolute Gasteiger partial charge is 0.460 e. The third-order valence-electron chi connectivity index (χ3n) is 12.2. The number of hydrogen-bond donors (Lipinski definition) is 0. The Morgan fingerprint density at radius 3 is 1.81 bits per heavy atom. The number of fused-ring (bicyclic) bond motifs is 8. The molecule has 0 radical (unpaired) electrons. The van der Waals surface area contributed by atoms with Gasteiger partial charge in [-0.2, -0.15) is 0 Å². The topological polar surface area (TPSA) is 21.3 Å². The van der Waals surface area contributed by atoms with Gasteiger partial charge < -0.3 is 13.9 Å². The summed E-state index contributed by atoms with van der Waals surface area (Å²) >= 11 is 0. The second-order valence-corrected chi connectivity index (χ2v) is 15.6. The number of para-hydroxylation sites is 1. The van der Waals surface area contributed by atoms with E-state index in [9.17, 15) is 0 Å². The number of nitrogens with zero attached hydrogens (tertiary/aromatic N) is 2. The van der Waals surface area contributed by atoms with Crippen LogP contribution in [0.4, 0.5) is 17.1 Å². The quantitative estimate of drug-likeness (QED) is 0.169. The molecule has 2 heterocycles. The molecule has 1 aliphatic rings. The van der Waals surface area contributed by atoms with Gasteiger partial charge in [0, 0.05) is 50.3 Å². The number of furan rings is 1. The predicted molar refractivity (Wildman–Crippen MR) is 248 cm³/mol. The fourth-order valence-corrected chi connectivity index (χ4v) is 9.49. The van der Waals surface area contributed by atoms with Gasteiger partial charge in [-0.1, -0.05) is 152 Å². The maximum absolute atomic E-state index is 6.31. The molecule has 0 saturated heterocycles. The molecular weight excluding hydrogens is 717 g/mol. The first-order valence-electron chi connectivity index (χ1n) is 20.5. The number of benzene rings is 9. The van der Waals surface area contributed by atoms with E-state index in [0.29, 0.717) is 0 Å². The molecule has 0 bridgehead atoms. The Hall–Kier alpha value is -7.62. The molecule has 1 aliphatic carbocycles. The highest BCUT2D eigenvalue weighted by molar-refractivity contribution is 6.11. The highest BCUT2D eigenvalue weighted by Crippen LogP contribution is 2.44. The van der Waals surface area contributed by atoms with E-state index in [4.69, 9.17) is 4.42 Å². The van der Waals surface area contributed by atoms with Gasteiger partial charge in [-0.25, -0.2) is 0 Å². The average molecular weight is 755 g/mol. The SMILES string of the molecule is C1=Cc2c(oc3ccc(-n4c5ccccc5c5ccc(-c6ccccc6-c6ccc(N(c7cccc8ccccc78)c7cccc8ccccc78)cc6)cc54)cc23)CC1. The lowest BCUT2D eigenvalue weighted by Gasteiger charge is -2.28. The summed E-state index contributed by atoms with van der Waals surface area (Å²) in [5.41, 5.74) is 13.8. The lowest BCUT2D eigenvalue weighted by molar-refractivity contribution is 0.546. The molecule has 0 unspecified atom stereocenters. The van der Waals surface area contributed by atoms with Crippen LogP contribution < -0.4 is 4.90 Å². The zero-order chi connectivity index (χ0) is 38.9. The van der Waals surface area contributed by atoms with Crippen molar-refractivity contribution in [2.45, 2.75) is 12.8 Å². The number of hydrogen-bond acceptors (Lipinski definition) is 2. The molecule has 0 spiro atoms. The smallest absolute Gasteiger partial charge is 0.135 e. The Morgan fingerprint density at radius 1 is 0.458 bits per heavy atom. The van der Waals surface area contributed by atoms with E-state index in [0.717, 1.165) is 46.9 Å². The van der Waals surface area contributed by atoms with Crippen molar-refractivity contribution >= 4 is 77.5 Å². The standard InChI is InChI=1S/C56H38N2O/c1-3-19-45-37(13-1)15-11-24-51(45)57(52-25-12-16-38-14-2-4-20-46(38)52)41-30-27-39(28-31-41)43-17-5-6-18-44(43)40-29-33-48-47-21-7-9-23-53(47)58(54(48)35-40)42-32-34-56-50(36-42)49-22-8-10-26-55(49)59-56/h1-9,11-25,27-36H,10,26H2. The normalized spacial score (nSPS) is 12.5. The molecule has 2 aromatic heterocycles. The molecule has 9 aromatic carbocycles. The van der Waals surface area contributed by atoms with Gasteiger partial charge in [0.05, 0.1) is 22.4 Å². The van der Waals surface area contributed by atoms with Crippen LogP contribution in [0.1, 0.15) is 17.7 Å². The Morgan fingerprint density at radius 2 is 1.07 bits per heavy atom.